The lowest BCUT2D eigenvalue weighted by Gasteiger charge is -2.18. The highest BCUT2D eigenvalue weighted by Crippen LogP contribution is 2.15. The molecular weight excluding hydrogens is 769 g/mol. The number of allylic oxidation sites excluding steroid dienone is 8. The van der Waals surface area contributed by atoms with Crippen molar-refractivity contribution in [2.24, 2.45) is 0 Å². The molecule has 6 heteroatoms. The Morgan fingerprint density at radius 1 is 0.323 bits per heavy atom. The van der Waals surface area contributed by atoms with Crippen LogP contribution in [-0.2, 0) is 28.6 Å². The summed E-state index contributed by atoms with van der Waals surface area (Å²) in [5.74, 6) is -0.908. The van der Waals surface area contributed by atoms with Crippen molar-refractivity contribution >= 4 is 17.9 Å². The van der Waals surface area contributed by atoms with E-state index in [9.17, 15) is 14.4 Å². The normalized spacial score (nSPS) is 12.4. The van der Waals surface area contributed by atoms with Crippen molar-refractivity contribution in [1.29, 1.82) is 0 Å². The Morgan fingerprint density at radius 3 is 0.903 bits per heavy atom. The van der Waals surface area contributed by atoms with Crippen molar-refractivity contribution in [1.82, 2.24) is 0 Å². The number of unbranched alkanes of at least 4 members (excludes halogenated alkanes) is 31. The second kappa shape index (κ2) is 51.0. The predicted octanol–water partition coefficient (Wildman–Crippen LogP) is 17.5. The summed E-state index contributed by atoms with van der Waals surface area (Å²) in [5, 5.41) is 0. The van der Waals surface area contributed by atoms with Crippen LogP contribution in [0.15, 0.2) is 48.6 Å². The Hall–Kier alpha value is -2.63. The van der Waals surface area contributed by atoms with Crippen LogP contribution < -0.4 is 0 Å². The molecule has 0 aromatic rings. The molecule has 0 aromatic carbocycles. The third-order valence-corrected chi connectivity index (χ3v) is 11.6. The van der Waals surface area contributed by atoms with Gasteiger partial charge in [-0.15, -0.1) is 0 Å². The maximum atomic E-state index is 12.8. The first-order valence-electron chi connectivity index (χ1n) is 26.7. The van der Waals surface area contributed by atoms with Crippen LogP contribution in [0.1, 0.15) is 271 Å². The van der Waals surface area contributed by atoms with Gasteiger partial charge in [-0.1, -0.05) is 230 Å². The lowest BCUT2D eigenvalue weighted by atomic mass is 10.1. The molecule has 0 amide bonds. The van der Waals surface area contributed by atoms with E-state index in [2.05, 4.69) is 69.4 Å². The summed E-state index contributed by atoms with van der Waals surface area (Å²) in [4.78, 5) is 37.9. The summed E-state index contributed by atoms with van der Waals surface area (Å²) in [7, 11) is 0. The van der Waals surface area contributed by atoms with Crippen LogP contribution in [0.4, 0.5) is 0 Å². The number of carbonyl (C=O) groups is 3. The summed E-state index contributed by atoms with van der Waals surface area (Å²) in [6.45, 7) is 6.58. The molecule has 0 rings (SSSR count). The molecule has 0 N–H and O–H groups in total. The highest BCUT2D eigenvalue weighted by Gasteiger charge is 2.19. The van der Waals surface area contributed by atoms with Crippen molar-refractivity contribution < 1.29 is 28.6 Å². The van der Waals surface area contributed by atoms with Gasteiger partial charge in [-0.3, -0.25) is 14.4 Å². The van der Waals surface area contributed by atoms with E-state index in [1.807, 2.05) is 0 Å². The third kappa shape index (κ3) is 48.4. The zero-order chi connectivity index (χ0) is 45.1. The van der Waals surface area contributed by atoms with Gasteiger partial charge in [0.05, 0.1) is 0 Å². The summed E-state index contributed by atoms with van der Waals surface area (Å²) in [6.07, 6.45) is 61.0. The second-order valence-corrected chi connectivity index (χ2v) is 17.8. The topological polar surface area (TPSA) is 78.9 Å². The van der Waals surface area contributed by atoms with E-state index >= 15 is 0 Å². The number of ether oxygens (including phenoxy) is 3. The molecule has 0 aromatic heterocycles. The van der Waals surface area contributed by atoms with Crippen molar-refractivity contribution in [3.05, 3.63) is 48.6 Å². The van der Waals surface area contributed by atoms with Gasteiger partial charge in [0.1, 0.15) is 13.2 Å². The first kappa shape index (κ1) is 59.4. The van der Waals surface area contributed by atoms with Gasteiger partial charge in [0.25, 0.3) is 0 Å². The SMILES string of the molecule is CCCCC/C=C\C=C/CCCCCCCCCCCCC(=O)OCC(COC(=O)CCCCCCCCCCC)OC(=O)CCCCC/C=C\C=C/CCCCCCCCC. The van der Waals surface area contributed by atoms with E-state index < -0.39 is 6.10 Å². The van der Waals surface area contributed by atoms with Gasteiger partial charge < -0.3 is 14.2 Å². The van der Waals surface area contributed by atoms with Crippen LogP contribution in [0.2, 0.25) is 0 Å². The van der Waals surface area contributed by atoms with Crippen LogP contribution in [0.5, 0.6) is 0 Å². The molecule has 0 radical (unpaired) electrons. The van der Waals surface area contributed by atoms with Gasteiger partial charge in [0, 0.05) is 19.3 Å². The predicted molar refractivity (Wildman–Crippen MR) is 265 cm³/mol. The molecule has 0 saturated carbocycles. The molecule has 6 nitrogen and oxygen atoms in total. The Morgan fingerprint density at radius 2 is 0.565 bits per heavy atom. The van der Waals surface area contributed by atoms with Gasteiger partial charge in [0.15, 0.2) is 6.10 Å². The average Bonchev–Trinajstić information content (AvgIpc) is 3.27. The zero-order valence-corrected chi connectivity index (χ0v) is 41.1. The fourth-order valence-corrected chi connectivity index (χ4v) is 7.54. The largest absolute Gasteiger partial charge is 0.462 e. The summed E-state index contributed by atoms with van der Waals surface area (Å²) < 4.78 is 16.8. The standard InChI is InChI=1S/C56H100O6/c1-4-7-10-13-16-19-21-23-25-27-28-29-31-32-34-37-40-43-46-49-55(58)61-52-53(51-60-54(57)48-45-42-39-36-18-15-12-9-6-3)62-56(59)50-47-44-41-38-35-33-30-26-24-22-20-17-14-11-8-5-2/h16,19,21,23,26,30,33,35,53H,4-15,17-18,20,22,24-25,27-29,31-32,34,36-52H2,1-3H3/b19-16-,23-21-,30-26-,35-33-. The molecule has 0 aliphatic rings. The number of esters is 3. The molecular formula is C56H100O6. The van der Waals surface area contributed by atoms with E-state index in [1.54, 1.807) is 0 Å². The van der Waals surface area contributed by atoms with E-state index in [-0.39, 0.29) is 31.1 Å². The van der Waals surface area contributed by atoms with Gasteiger partial charge >= 0.3 is 17.9 Å². The first-order valence-corrected chi connectivity index (χ1v) is 26.7. The number of rotatable bonds is 48. The van der Waals surface area contributed by atoms with Crippen molar-refractivity contribution in [3.63, 3.8) is 0 Å². The number of carbonyl (C=O) groups excluding carboxylic acids is 3. The number of hydrogen-bond donors (Lipinski definition) is 0. The first-order chi connectivity index (χ1) is 30.5. The van der Waals surface area contributed by atoms with Gasteiger partial charge in [-0.2, -0.15) is 0 Å². The van der Waals surface area contributed by atoms with Crippen molar-refractivity contribution in [2.45, 2.75) is 277 Å². The zero-order valence-electron chi connectivity index (χ0n) is 41.1. The van der Waals surface area contributed by atoms with Crippen LogP contribution in [0.25, 0.3) is 0 Å². The summed E-state index contributed by atoms with van der Waals surface area (Å²) >= 11 is 0. The minimum atomic E-state index is -0.784. The fourth-order valence-electron chi connectivity index (χ4n) is 7.54. The summed E-state index contributed by atoms with van der Waals surface area (Å²) in [5.41, 5.74) is 0. The van der Waals surface area contributed by atoms with Gasteiger partial charge in [0.2, 0.25) is 0 Å². The second-order valence-electron chi connectivity index (χ2n) is 17.8. The molecule has 360 valence electrons. The quantitative estimate of drug-likeness (QED) is 0.0262. The Kier molecular flexibility index (Phi) is 48.8. The Bertz CT molecular complexity index is 1090. The molecule has 1 atom stereocenters. The maximum absolute atomic E-state index is 12.8. The molecule has 0 aliphatic carbocycles. The maximum Gasteiger partial charge on any atom is 0.306 e. The summed E-state index contributed by atoms with van der Waals surface area (Å²) in [6, 6.07) is 0. The van der Waals surface area contributed by atoms with E-state index in [4.69, 9.17) is 14.2 Å². The minimum Gasteiger partial charge on any atom is -0.462 e. The average molecular weight is 869 g/mol. The lowest BCUT2D eigenvalue weighted by molar-refractivity contribution is -0.167. The molecule has 0 spiro atoms. The molecule has 1 unspecified atom stereocenters. The minimum absolute atomic E-state index is 0.0829. The van der Waals surface area contributed by atoms with Crippen LogP contribution in [-0.4, -0.2) is 37.2 Å². The molecule has 0 aliphatic heterocycles. The van der Waals surface area contributed by atoms with Gasteiger partial charge in [-0.05, 0) is 70.6 Å². The van der Waals surface area contributed by atoms with Crippen LogP contribution in [0, 0.1) is 0 Å². The fraction of sp³-hybridized carbons (Fsp3) is 0.804. The third-order valence-electron chi connectivity index (χ3n) is 11.6. The van der Waals surface area contributed by atoms with Crippen LogP contribution >= 0.6 is 0 Å². The van der Waals surface area contributed by atoms with Crippen molar-refractivity contribution in [2.75, 3.05) is 13.2 Å². The Labute approximate surface area is 384 Å². The molecule has 62 heavy (non-hydrogen) atoms. The monoisotopic (exact) mass is 869 g/mol. The van der Waals surface area contributed by atoms with E-state index in [1.165, 1.54) is 161 Å². The molecule has 0 saturated heterocycles. The Balaban J connectivity index is 4.33. The van der Waals surface area contributed by atoms with Crippen LogP contribution in [0.3, 0.4) is 0 Å². The molecule has 0 bridgehead atoms. The highest BCUT2D eigenvalue weighted by atomic mass is 16.6. The van der Waals surface area contributed by atoms with Gasteiger partial charge in [-0.25, -0.2) is 0 Å². The lowest BCUT2D eigenvalue weighted by Crippen LogP contribution is -2.30. The highest BCUT2D eigenvalue weighted by molar-refractivity contribution is 5.71. The smallest absolute Gasteiger partial charge is 0.306 e. The van der Waals surface area contributed by atoms with Crippen molar-refractivity contribution in [3.8, 4) is 0 Å². The molecule has 0 fully saturated rings. The van der Waals surface area contributed by atoms with E-state index in [0.717, 1.165) is 70.6 Å². The van der Waals surface area contributed by atoms with E-state index in [0.29, 0.717) is 19.3 Å². The molecule has 0 heterocycles. The number of hydrogen-bond acceptors (Lipinski definition) is 6.